The Morgan fingerprint density at radius 1 is 1.10 bits per heavy atom. The van der Waals surface area contributed by atoms with Gasteiger partial charge in [-0.05, 0) is 43.9 Å². The zero-order valence-electron chi connectivity index (χ0n) is 12.9. The molecule has 0 amide bonds. The lowest BCUT2D eigenvalue weighted by molar-refractivity contribution is 0.205. The Hall–Kier alpha value is -0.830. The average Bonchev–Trinajstić information content (AvgIpc) is 3.23. The molecule has 3 aliphatic rings. The van der Waals surface area contributed by atoms with Crippen LogP contribution in [0.5, 0.6) is 0 Å². The van der Waals surface area contributed by atoms with Crippen LogP contribution in [0.1, 0.15) is 75.1 Å². The van der Waals surface area contributed by atoms with Gasteiger partial charge in [-0.2, -0.15) is 0 Å². The maximum absolute atomic E-state index is 5.03. The number of rotatable bonds is 2. The number of aromatic nitrogens is 2. The van der Waals surface area contributed by atoms with Crippen LogP contribution in [0, 0.1) is 11.8 Å². The smallest absolute Gasteiger partial charge is 0.112 e. The molecular weight excluding hydrogens is 246 g/mol. The van der Waals surface area contributed by atoms with Crippen molar-refractivity contribution in [2.24, 2.45) is 11.8 Å². The van der Waals surface area contributed by atoms with Crippen molar-refractivity contribution in [2.45, 2.75) is 70.9 Å². The third kappa shape index (κ3) is 2.11. The molecule has 1 aromatic heterocycles. The molecule has 2 saturated carbocycles. The lowest BCUT2D eigenvalue weighted by Crippen LogP contribution is -2.29. The first-order chi connectivity index (χ1) is 9.74. The molecule has 2 fully saturated rings. The molecule has 0 radical (unpaired) electrons. The summed E-state index contributed by atoms with van der Waals surface area (Å²) < 4.78 is 2.70. The summed E-state index contributed by atoms with van der Waals surface area (Å²) >= 11 is 0. The van der Waals surface area contributed by atoms with Crippen molar-refractivity contribution in [1.82, 2.24) is 14.9 Å². The Morgan fingerprint density at radius 2 is 1.95 bits per heavy atom. The van der Waals surface area contributed by atoms with Crippen LogP contribution in [0.25, 0.3) is 0 Å². The van der Waals surface area contributed by atoms with Gasteiger partial charge < -0.3 is 9.88 Å². The van der Waals surface area contributed by atoms with Gasteiger partial charge in [0.15, 0.2) is 0 Å². The molecule has 4 rings (SSSR count). The van der Waals surface area contributed by atoms with E-state index in [4.69, 9.17) is 4.98 Å². The first-order valence-electron chi connectivity index (χ1n) is 8.54. The number of hydrogen-bond donors (Lipinski definition) is 1. The van der Waals surface area contributed by atoms with Crippen molar-refractivity contribution in [2.75, 3.05) is 6.54 Å². The molecule has 0 bridgehead atoms. The Bertz CT molecular complexity index is 501. The third-order valence-corrected chi connectivity index (χ3v) is 5.83. The van der Waals surface area contributed by atoms with Crippen molar-refractivity contribution >= 4 is 0 Å². The summed E-state index contributed by atoms with van der Waals surface area (Å²) in [7, 11) is 0. The van der Waals surface area contributed by atoms with Crippen LogP contribution >= 0.6 is 0 Å². The lowest BCUT2D eigenvalue weighted by atomic mass is 9.79. The van der Waals surface area contributed by atoms with Gasteiger partial charge >= 0.3 is 0 Å². The van der Waals surface area contributed by atoms with Gasteiger partial charge in [-0.25, -0.2) is 4.98 Å². The van der Waals surface area contributed by atoms with Crippen LogP contribution in [-0.4, -0.2) is 16.1 Å². The monoisotopic (exact) mass is 273 g/mol. The SMILES string of the molecule is CC1CCC(n2c(C3CC3)nc3c2CCNC3)CC1C. The zero-order valence-corrected chi connectivity index (χ0v) is 12.9. The summed E-state index contributed by atoms with van der Waals surface area (Å²) in [6.45, 7) is 6.98. The van der Waals surface area contributed by atoms with E-state index in [0.717, 1.165) is 36.9 Å². The van der Waals surface area contributed by atoms with E-state index in [0.29, 0.717) is 0 Å². The fourth-order valence-corrected chi connectivity index (χ4v) is 4.14. The van der Waals surface area contributed by atoms with E-state index in [1.807, 2.05) is 0 Å². The summed E-state index contributed by atoms with van der Waals surface area (Å²) in [4.78, 5) is 5.03. The van der Waals surface area contributed by atoms with Gasteiger partial charge in [-0.3, -0.25) is 0 Å². The van der Waals surface area contributed by atoms with Crippen molar-refractivity contribution < 1.29 is 0 Å². The van der Waals surface area contributed by atoms with E-state index < -0.39 is 0 Å². The van der Waals surface area contributed by atoms with E-state index in [9.17, 15) is 0 Å². The molecule has 0 saturated heterocycles. The minimum atomic E-state index is 0.728. The van der Waals surface area contributed by atoms with Crippen LogP contribution in [-0.2, 0) is 13.0 Å². The third-order valence-electron chi connectivity index (χ3n) is 5.83. The number of nitrogens with one attached hydrogen (secondary N) is 1. The Kier molecular flexibility index (Phi) is 3.13. The van der Waals surface area contributed by atoms with E-state index in [1.54, 1.807) is 5.69 Å². The number of nitrogens with zero attached hydrogens (tertiary/aromatic N) is 2. The number of hydrogen-bond acceptors (Lipinski definition) is 2. The highest BCUT2D eigenvalue weighted by Crippen LogP contribution is 2.45. The van der Waals surface area contributed by atoms with Gasteiger partial charge in [0.25, 0.3) is 0 Å². The second kappa shape index (κ2) is 4.87. The van der Waals surface area contributed by atoms with Crippen molar-refractivity contribution in [1.29, 1.82) is 0 Å². The van der Waals surface area contributed by atoms with Gasteiger partial charge in [-0.15, -0.1) is 0 Å². The molecule has 1 N–H and O–H groups in total. The van der Waals surface area contributed by atoms with Crippen LogP contribution < -0.4 is 5.32 Å². The predicted octanol–water partition coefficient (Wildman–Crippen LogP) is 3.40. The first kappa shape index (κ1) is 12.9. The minimum absolute atomic E-state index is 0.728. The Labute approximate surface area is 122 Å². The summed E-state index contributed by atoms with van der Waals surface area (Å²) in [6.07, 6.45) is 8.01. The number of imidazole rings is 1. The second-order valence-electron chi connectivity index (χ2n) is 7.36. The maximum Gasteiger partial charge on any atom is 0.112 e. The fourth-order valence-electron chi connectivity index (χ4n) is 4.14. The molecule has 3 nitrogen and oxygen atoms in total. The van der Waals surface area contributed by atoms with Crippen molar-refractivity contribution in [3.63, 3.8) is 0 Å². The highest BCUT2D eigenvalue weighted by atomic mass is 15.2. The molecular formula is C17H27N3. The van der Waals surface area contributed by atoms with Crippen LogP contribution in [0.2, 0.25) is 0 Å². The van der Waals surface area contributed by atoms with Crippen molar-refractivity contribution in [3.05, 3.63) is 17.2 Å². The molecule has 3 atom stereocenters. The molecule has 20 heavy (non-hydrogen) atoms. The molecule has 1 aliphatic heterocycles. The Morgan fingerprint density at radius 3 is 2.70 bits per heavy atom. The van der Waals surface area contributed by atoms with Crippen LogP contribution in [0.3, 0.4) is 0 Å². The van der Waals surface area contributed by atoms with Crippen LogP contribution in [0.4, 0.5) is 0 Å². The molecule has 2 heterocycles. The quantitative estimate of drug-likeness (QED) is 0.895. The van der Waals surface area contributed by atoms with Crippen molar-refractivity contribution in [3.8, 4) is 0 Å². The van der Waals surface area contributed by atoms with E-state index in [-0.39, 0.29) is 0 Å². The summed E-state index contributed by atoms with van der Waals surface area (Å²) in [5, 5.41) is 3.48. The van der Waals surface area contributed by atoms with E-state index in [2.05, 4.69) is 23.7 Å². The molecule has 3 unspecified atom stereocenters. The zero-order chi connectivity index (χ0) is 13.7. The lowest BCUT2D eigenvalue weighted by Gasteiger charge is -2.35. The normalized spacial score (nSPS) is 34.0. The van der Waals surface area contributed by atoms with Crippen LogP contribution in [0.15, 0.2) is 0 Å². The maximum atomic E-state index is 5.03. The first-order valence-corrected chi connectivity index (χ1v) is 8.54. The highest BCUT2D eigenvalue weighted by Gasteiger charge is 2.36. The largest absolute Gasteiger partial charge is 0.328 e. The van der Waals surface area contributed by atoms with Gasteiger partial charge in [0.1, 0.15) is 5.82 Å². The van der Waals surface area contributed by atoms with E-state index in [1.165, 1.54) is 50.0 Å². The fraction of sp³-hybridized carbons (Fsp3) is 0.824. The summed E-state index contributed by atoms with van der Waals surface area (Å²) in [5.41, 5.74) is 2.92. The molecule has 0 spiro atoms. The molecule has 1 aromatic rings. The average molecular weight is 273 g/mol. The van der Waals surface area contributed by atoms with Gasteiger partial charge in [0.05, 0.1) is 5.69 Å². The van der Waals surface area contributed by atoms with Gasteiger partial charge in [0, 0.05) is 37.2 Å². The minimum Gasteiger partial charge on any atom is -0.328 e. The van der Waals surface area contributed by atoms with E-state index >= 15 is 0 Å². The van der Waals surface area contributed by atoms with Gasteiger partial charge in [0.2, 0.25) is 0 Å². The molecule has 0 aromatic carbocycles. The summed E-state index contributed by atoms with van der Waals surface area (Å²) in [5.74, 6) is 3.97. The topological polar surface area (TPSA) is 29.9 Å². The number of fused-ring (bicyclic) bond motifs is 1. The highest BCUT2D eigenvalue weighted by molar-refractivity contribution is 5.25. The second-order valence-corrected chi connectivity index (χ2v) is 7.36. The Balaban J connectivity index is 1.70. The standard InChI is InChI=1S/C17H27N3/c1-11-3-6-14(9-12(11)2)20-16-7-8-18-10-15(16)19-17(20)13-4-5-13/h11-14,18H,3-10H2,1-2H3. The molecule has 3 heteroatoms. The predicted molar refractivity (Wildman–Crippen MR) is 80.8 cm³/mol. The molecule has 2 aliphatic carbocycles. The molecule has 110 valence electrons. The summed E-state index contributed by atoms with van der Waals surface area (Å²) in [6, 6.07) is 0.728. The van der Waals surface area contributed by atoms with Gasteiger partial charge in [-0.1, -0.05) is 13.8 Å².